The molecule has 0 rings (SSSR count). The Labute approximate surface area is 85.0 Å². The average Bonchev–Trinajstić information content (AvgIpc) is 2.14. The average molecular weight is 204 g/mol. The Morgan fingerprint density at radius 2 is 2.23 bits per heavy atom. The zero-order valence-corrected chi connectivity index (χ0v) is 9.54. The van der Waals surface area contributed by atoms with Gasteiger partial charge in [-0.3, -0.25) is 4.79 Å². The molecule has 13 heavy (non-hydrogen) atoms. The van der Waals surface area contributed by atoms with Crippen LogP contribution in [0.1, 0.15) is 20.3 Å². The summed E-state index contributed by atoms with van der Waals surface area (Å²) in [6.07, 6.45) is 3.13. The van der Waals surface area contributed by atoms with Crippen molar-refractivity contribution in [1.29, 1.82) is 0 Å². The van der Waals surface area contributed by atoms with Gasteiger partial charge in [-0.25, -0.2) is 0 Å². The Morgan fingerprint density at radius 3 is 2.77 bits per heavy atom. The molecule has 2 N–H and O–H groups in total. The number of likely N-dealkylation sites (N-methyl/N-ethyl adjacent to an activating group) is 1. The van der Waals surface area contributed by atoms with Gasteiger partial charge >= 0.3 is 0 Å². The number of thioether (sulfide) groups is 1. The molecule has 1 unspecified atom stereocenters. The maximum absolute atomic E-state index is 11.1. The molecule has 4 heteroatoms. The molecule has 0 saturated carbocycles. The minimum Gasteiger partial charge on any atom is -0.355 e. The Balaban J connectivity index is 3.26. The van der Waals surface area contributed by atoms with Crippen molar-refractivity contribution in [2.75, 3.05) is 25.9 Å². The monoisotopic (exact) mass is 204 g/mol. The standard InChI is InChI=1S/C9H20N2OS/c1-4-10-7-9(12)11-6-5-8(2)13-3/h8,10H,4-7H2,1-3H3,(H,11,12). The number of carbonyl (C=O) groups is 1. The first kappa shape index (κ1) is 12.8. The fourth-order valence-electron chi connectivity index (χ4n) is 0.834. The summed E-state index contributed by atoms with van der Waals surface area (Å²) in [5.41, 5.74) is 0. The topological polar surface area (TPSA) is 41.1 Å². The Kier molecular flexibility index (Phi) is 8.24. The molecule has 0 saturated heterocycles. The second-order valence-electron chi connectivity index (χ2n) is 2.97. The van der Waals surface area contributed by atoms with Gasteiger partial charge in [0.25, 0.3) is 0 Å². The van der Waals surface area contributed by atoms with Gasteiger partial charge in [0.2, 0.25) is 5.91 Å². The van der Waals surface area contributed by atoms with E-state index >= 15 is 0 Å². The molecule has 0 aliphatic heterocycles. The normalized spacial score (nSPS) is 12.5. The molecule has 1 atom stereocenters. The quantitative estimate of drug-likeness (QED) is 0.646. The molecule has 3 nitrogen and oxygen atoms in total. The number of hydrogen-bond acceptors (Lipinski definition) is 3. The Morgan fingerprint density at radius 1 is 1.54 bits per heavy atom. The van der Waals surface area contributed by atoms with E-state index in [1.165, 1.54) is 0 Å². The van der Waals surface area contributed by atoms with Crippen LogP contribution in [0.4, 0.5) is 0 Å². The molecular formula is C9H20N2OS. The SMILES string of the molecule is CCNCC(=O)NCCC(C)SC. The van der Waals surface area contributed by atoms with E-state index < -0.39 is 0 Å². The number of hydrogen-bond donors (Lipinski definition) is 2. The second kappa shape index (κ2) is 8.38. The number of rotatable bonds is 7. The Hall–Kier alpha value is -0.220. The fraction of sp³-hybridized carbons (Fsp3) is 0.889. The van der Waals surface area contributed by atoms with E-state index in [1.807, 2.05) is 18.7 Å². The van der Waals surface area contributed by atoms with Gasteiger partial charge in [0.15, 0.2) is 0 Å². The number of amides is 1. The lowest BCUT2D eigenvalue weighted by Gasteiger charge is -2.09. The zero-order valence-electron chi connectivity index (χ0n) is 8.72. The highest BCUT2D eigenvalue weighted by atomic mass is 32.2. The van der Waals surface area contributed by atoms with Gasteiger partial charge in [0.05, 0.1) is 6.54 Å². The van der Waals surface area contributed by atoms with Gasteiger partial charge in [0.1, 0.15) is 0 Å². The summed E-state index contributed by atoms with van der Waals surface area (Å²) in [6.45, 7) is 6.22. The maximum atomic E-state index is 11.1. The van der Waals surface area contributed by atoms with Crippen molar-refractivity contribution in [3.8, 4) is 0 Å². The van der Waals surface area contributed by atoms with E-state index in [9.17, 15) is 4.79 Å². The van der Waals surface area contributed by atoms with Crippen LogP contribution in [0.5, 0.6) is 0 Å². The molecule has 0 aliphatic carbocycles. The molecule has 0 aromatic carbocycles. The number of carbonyl (C=O) groups excluding carboxylic acids is 1. The summed E-state index contributed by atoms with van der Waals surface area (Å²) in [6, 6.07) is 0. The molecular weight excluding hydrogens is 184 g/mol. The summed E-state index contributed by atoms with van der Waals surface area (Å²) in [5, 5.41) is 6.48. The van der Waals surface area contributed by atoms with Gasteiger partial charge in [-0.05, 0) is 19.2 Å². The zero-order chi connectivity index (χ0) is 10.1. The summed E-state index contributed by atoms with van der Waals surface area (Å²) in [7, 11) is 0. The van der Waals surface area contributed by atoms with Crippen LogP contribution in [-0.4, -0.2) is 37.0 Å². The van der Waals surface area contributed by atoms with Crippen LogP contribution < -0.4 is 10.6 Å². The molecule has 78 valence electrons. The van der Waals surface area contributed by atoms with E-state index in [-0.39, 0.29) is 5.91 Å². The van der Waals surface area contributed by atoms with Crippen LogP contribution in [0, 0.1) is 0 Å². The predicted molar refractivity (Wildman–Crippen MR) is 59.1 cm³/mol. The number of nitrogens with one attached hydrogen (secondary N) is 2. The molecule has 0 fully saturated rings. The highest BCUT2D eigenvalue weighted by Gasteiger charge is 2.01. The van der Waals surface area contributed by atoms with Crippen molar-refractivity contribution in [1.82, 2.24) is 10.6 Å². The predicted octanol–water partition coefficient (Wildman–Crippen LogP) is 0.854. The van der Waals surface area contributed by atoms with Crippen molar-refractivity contribution in [2.24, 2.45) is 0 Å². The minimum atomic E-state index is 0.0927. The van der Waals surface area contributed by atoms with Crippen LogP contribution >= 0.6 is 11.8 Å². The third-order valence-corrected chi connectivity index (χ3v) is 2.85. The van der Waals surface area contributed by atoms with E-state index in [0.717, 1.165) is 19.5 Å². The van der Waals surface area contributed by atoms with Crippen LogP contribution in [0.3, 0.4) is 0 Å². The summed E-state index contributed by atoms with van der Waals surface area (Å²) in [4.78, 5) is 11.1. The third-order valence-electron chi connectivity index (χ3n) is 1.81. The highest BCUT2D eigenvalue weighted by Crippen LogP contribution is 2.07. The Bertz CT molecular complexity index is 142. The molecule has 0 bridgehead atoms. The smallest absolute Gasteiger partial charge is 0.233 e. The van der Waals surface area contributed by atoms with Gasteiger partial charge in [-0.2, -0.15) is 11.8 Å². The molecule has 0 spiro atoms. The molecule has 0 aromatic heterocycles. The van der Waals surface area contributed by atoms with Crippen molar-refractivity contribution in [3.05, 3.63) is 0 Å². The van der Waals surface area contributed by atoms with Crippen LogP contribution in [-0.2, 0) is 4.79 Å². The van der Waals surface area contributed by atoms with Crippen LogP contribution in [0.25, 0.3) is 0 Å². The molecule has 0 aromatic rings. The van der Waals surface area contributed by atoms with Gasteiger partial charge in [0, 0.05) is 11.8 Å². The van der Waals surface area contributed by atoms with Crippen molar-refractivity contribution < 1.29 is 4.79 Å². The van der Waals surface area contributed by atoms with Crippen molar-refractivity contribution >= 4 is 17.7 Å². The van der Waals surface area contributed by atoms with E-state index in [2.05, 4.69) is 23.8 Å². The largest absolute Gasteiger partial charge is 0.355 e. The molecule has 1 amide bonds. The summed E-state index contributed by atoms with van der Waals surface area (Å²) < 4.78 is 0. The lowest BCUT2D eigenvalue weighted by atomic mass is 10.3. The molecule has 0 radical (unpaired) electrons. The first-order valence-electron chi connectivity index (χ1n) is 4.70. The highest BCUT2D eigenvalue weighted by molar-refractivity contribution is 7.99. The van der Waals surface area contributed by atoms with E-state index in [0.29, 0.717) is 11.8 Å². The first-order chi connectivity index (χ1) is 6.20. The van der Waals surface area contributed by atoms with Gasteiger partial charge in [-0.1, -0.05) is 13.8 Å². The minimum absolute atomic E-state index is 0.0927. The van der Waals surface area contributed by atoms with E-state index in [4.69, 9.17) is 0 Å². The van der Waals surface area contributed by atoms with Gasteiger partial charge in [-0.15, -0.1) is 0 Å². The first-order valence-corrected chi connectivity index (χ1v) is 5.99. The van der Waals surface area contributed by atoms with Crippen molar-refractivity contribution in [3.63, 3.8) is 0 Å². The summed E-state index contributed by atoms with van der Waals surface area (Å²) >= 11 is 1.83. The van der Waals surface area contributed by atoms with Gasteiger partial charge < -0.3 is 10.6 Å². The van der Waals surface area contributed by atoms with E-state index in [1.54, 1.807) is 0 Å². The maximum Gasteiger partial charge on any atom is 0.233 e. The molecule has 0 heterocycles. The molecule has 0 aliphatic rings. The lowest BCUT2D eigenvalue weighted by molar-refractivity contribution is -0.120. The third kappa shape index (κ3) is 8.12. The van der Waals surface area contributed by atoms with Crippen LogP contribution in [0.15, 0.2) is 0 Å². The lowest BCUT2D eigenvalue weighted by Crippen LogP contribution is -2.34. The van der Waals surface area contributed by atoms with Crippen molar-refractivity contribution in [2.45, 2.75) is 25.5 Å². The fourth-order valence-corrected chi connectivity index (χ4v) is 1.19. The summed E-state index contributed by atoms with van der Waals surface area (Å²) in [5.74, 6) is 0.0927. The van der Waals surface area contributed by atoms with Crippen LogP contribution in [0.2, 0.25) is 0 Å². The second-order valence-corrected chi connectivity index (χ2v) is 4.24.